The largest absolute Gasteiger partial charge is 0.396 e. The zero-order valence-electron chi connectivity index (χ0n) is 8.59. The van der Waals surface area contributed by atoms with Crippen LogP contribution in [0.4, 0.5) is 8.78 Å². The topological polar surface area (TPSA) is 49.7 Å². The van der Waals surface area contributed by atoms with E-state index in [4.69, 9.17) is 14.9 Å². The van der Waals surface area contributed by atoms with Gasteiger partial charge in [-0.2, -0.15) is 0 Å². The van der Waals surface area contributed by atoms with E-state index in [-0.39, 0.29) is 19.4 Å². The molecule has 0 saturated carbocycles. The van der Waals surface area contributed by atoms with E-state index in [0.717, 1.165) is 0 Å². The maximum atomic E-state index is 12.8. The van der Waals surface area contributed by atoms with Gasteiger partial charge in [0.1, 0.15) is 0 Å². The molecule has 0 spiro atoms. The summed E-state index contributed by atoms with van der Waals surface area (Å²) in [4.78, 5) is 0. The first-order valence-electron chi connectivity index (χ1n) is 4.62. The Kier molecular flexibility index (Phi) is 5.48. The summed E-state index contributed by atoms with van der Waals surface area (Å²) < 4.78 is 30.4. The number of hydrogen-bond acceptors (Lipinski definition) is 3. The van der Waals surface area contributed by atoms with Gasteiger partial charge < -0.3 is 14.9 Å². The molecule has 0 amide bonds. The Hall–Kier alpha value is -0.260. The summed E-state index contributed by atoms with van der Waals surface area (Å²) in [5, 5.41) is 17.4. The lowest BCUT2D eigenvalue weighted by Gasteiger charge is -2.19. The molecule has 0 heterocycles. The van der Waals surface area contributed by atoms with Gasteiger partial charge in [0, 0.05) is 19.4 Å². The first-order valence-corrected chi connectivity index (χ1v) is 4.62. The molecule has 0 aliphatic heterocycles. The van der Waals surface area contributed by atoms with Crippen molar-refractivity contribution in [2.24, 2.45) is 0 Å². The lowest BCUT2D eigenvalue weighted by molar-refractivity contribution is -0.178. The van der Waals surface area contributed by atoms with Gasteiger partial charge in [0.25, 0.3) is 0 Å². The van der Waals surface area contributed by atoms with Crippen molar-refractivity contribution in [3.8, 4) is 0 Å². The molecular weight excluding hydrogens is 194 g/mol. The average Bonchev–Trinajstić information content (AvgIpc) is 1.96. The van der Waals surface area contributed by atoms with Gasteiger partial charge in [-0.25, -0.2) is 8.78 Å². The third kappa shape index (κ3) is 8.34. The van der Waals surface area contributed by atoms with Gasteiger partial charge in [-0.1, -0.05) is 0 Å². The van der Waals surface area contributed by atoms with Gasteiger partial charge in [0.2, 0.25) is 5.92 Å². The van der Waals surface area contributed by atoms with E-state index in [2.05, 4.69) is 0 Å². The molecule has 2 N–H and O–H groups in total. The van der Waals surface area contributed by atoms with Crippen LogP contribution in [0.3, 0.4) is 0 Å². The highest BCUT2D eigenvalue weighted by Gasteiger charge is 2.27. The normalized spacial score (nSPS) is 13.3. The Balaban J connectivity index is 3.54. The van der Waals surface area contributed by atoms with Crippen LogP contribution in [0, 0.1) is 0 Å². The van der Waals surface area contributed by atoms with Crippen molar-refractivity contribution in [1.82, 2.24) is 0 Å². The third-order valence-electron chi connectivity index (χ3n) is 1.62. The first kappa shape index (κ1) is 13.7. The molecule has 0 aromatic carbocycles. The highest BCUT2D eigenvalue weighted by molar-refractivity contribution is 4.65. The first-order chi connectivity index (χ1) is 6.27. The lowest BCUT2D eigenvalue weighted by Crippen LogP contribution is -2.25. The molecule has 0 atom stereocenters. The van der Waals surface area contributed by atoms with E-state index in [1.54, 1.807) is 0 Å². The van der Waals surface area contributed by atoms with Crippen LogP contribution in [0.25, 0.3) is 0 Å². The van der Waals surface area contributed by atoms with Gasteiger partial charge in [0.05, 0.1) is 6.61 Å². The van der Waals surface area contributed by atoms with E-state index in [1.165, 1.54) is 13.8 Å². The Labute approximate surface area is 82.7 Å². The standard InChI is InChI=1S/C9H18F2O3/c1-8(2,13)14-7-3-4-9(10,11)5-6-12/h12-13H,3-7H2,1-2H3. The summed E-state index contributed by atoms with van der Waals surface area (Å²) in [6, 6.07) is 0. The lowest BCUT2D eigenvalue weighted by atomic mass is 10.1. The molecule has 0 fully saturated rings. The average molecular weight is 212 g/mol. The number of ether oxygens (including phenoxy) is 1. The van der Waals surface area contributed by atoms with Gasteiger partial charge >= 0.3 is 0 Å². The molecule has 0 aromatic heterocycles. The maximum Gasteiger partial charge on any atom is 0.250 e. The monoisotopic (exact) mass is 212 g/mol. The smallest absolute Gasteiger partial charge is 0.250 e. The van der Waals surface area contributed by atoms with Gasteiger partial charge in [-0.3, -0.25) is 0 Å². The number of aliphatic hydroxyl groups is 2. The van der Waals surface area contributed by atoms with Crippen LogP contribution in [-0.2, 0) is 4.74 Å². The molecule has 0 aliphatic carbocycles. The zero-order valence-corrected chi connectivity index (χ0v) is 8.59. The Bertz CT molecular complexity index is 155. The molecule has 5 heteroatoms. The molecule has 0 unspecified atom stereocenters. The van der Waals surface area contributed by atoms with Crippen LogP contribution in [0.1, 0.15) is 33.1 Å². The van der Waals surface area contributed by atoms with Crippen molar-refractivity contribution >= 4 is 0 Å². The molecule has 3 nitrogen and oxygen atoms in total. The molecule has 0 radical (unpaired) electrons. The summed E-state index contributed by atoms with van der Waals surface area (Å²) in [5.41, 5.74) is 0. The van der Waals surface area contributed by atoms with Crippen LogP contribution in [0.2, 0.25) is 0 Å². The number of aliphatic hydroxyl groups excluding tert-OH is 1. The highest BCUT2D eigenvalue weighted by Crippen LogP contribution is 2.24. The fourth-order valence-corrected chi connectivity index (χ4v) is 0.941. The van der Waals surface area contributed by atoms with E-state index in [1.807, 2.05) is 0 Å². The predicted molar refractivity (Wildman–Crippen MR) is 48.1 cm³/mol. The van der Waals surface area contributed by atoms with Gasteiger partial charge in [0.15, 0.2) is 5.79 Å². The summed E-state index contributed by atoms with van der Waals surface area (Å²) in [6.45, 7) is 2.46. The summed E-state index contributed by atoms with van der Waals surface area (Å²) in [6.07, 6.45) is -0.684. The Morgan fingerprint density at radius 2 is 1.79 bits per heavy atom. The van der Waals surface area contributed by atoms with Crippen molar-refractivity contribution < 1.29 is 23.7 Å². The number of rotatable bonds is 7. The maximum absolute atomic E-state index is 12.8. The van der Waals surface area contributed by atoms with E-state index < -0.39 is 24.7 Å². The quantitative estimate of drug-likeness (QED) is 0.497. The SMILES string of the molecule is CC(C)(O)OCCCC(F)(F)CCO. The third-order valence-corrected chi connectivity index (χ3v) is 1.62. The van der Waals surface area contributed by atoms with E-state index in [9.17, 15) is 8.78 Å². The molecule has 0 rings (SSSR count). The van der Waals surface area contributed by atoms with Crippen molar-refractivity contribution in [3.05, 3.63) is 0 Å². The fraction of sp³-hybridized carbons (Fsp3) is 1.00. The predicted octanol–water partition coefficient (Wildman–Crippen LogP) is 1.53. The molecule has 0 aromatic rings. The van der Waals surface area contributed by atoms with E-state index in [0.29, 0.717) is 0 Å². The molecule has 0 saturated heterocycles. The summed E-state index contributed by atoms with van der Waals surface area (Å²) >= 11 is 0. The van der Waals surface area contributed by atoms with Crippen LogP contribution < -0.4 is 0 Å². The molecule has 0 aliphatic rings. The minimum atomic E-state index is -2.84. The molecule has 14 heavy (non-hydrogen) atoms. The Morgan fingerprint density at radius 3 is 2.21 bits per heavy atom. The van der Waals surface area contributed by atoms with Crippen LogP contribution in [0.15, 0.2) is 0 Å². The number of hydrogen-bond donors (Lipinski definition) is 2. The zero-order chi connectivity index (χ0) is 11.2. The number of alkyl halides is 2. The highest BCUT2D eigenvalue weighted by atomic mass is 19.3. The second-order valence-electron chi connectivity index (χ2n) is 3.73. The van der Waals surface area contributed by atoms with Crippen LogP contribution in [0.5, 0.6) is 0 Å². The van der Waals surface area contributed by atoms with Crippen molar-refractivity contribution in [2.45, 2.75) is 44.8 Å². The number of halogens is 2. The molecule has 0 bridgehead atoms. The molecule has 86 valence electrons. The van der Waals surface area contributed by atoms with Crippen molar-refractivity contribution in [3.63, 3.8) is 0 Å². The summed E-state index contributed by atoms with van der Waals surface area (Å²) in [7, 11) is 0. The Morgan fingerprint density at radius 1 is 1.21 bits per heavy atom. The van der Waals surface area contributed by atoms with Gasteiger partial charge in [-0.15, -0.1) is 0 Å². The second-order valence-corrected chi connectivity index (χ2v) is 3.73. The second kappa shape index (κ2) is 5.58. The van der Waals surface area contributed by atoms with E-state index >= 15 is 0 Å². The molecular formula is C9H18F2O3. The minimum Gasteiger partial charge on any atom is -0.396 e. The van der Waals surface area contributed by atoms with Gasteiger partial charge in [-0.05, 0) is 20.3 Å². The summed E-state index contributed by atoms with van der Waals surface area (Å²) in [5.74, 6) is -4.11. The van der Waals surface area contributed by atoms with Crippen LogP contribution >= 0.6 is 0 Å². The van der Waals surface area contributed by atoms with Crippen molar-refractivity contribution in [1.29, 1.82) is 0 Å². The fourth-order valence-electron chi connectivity index (χ4n) is 0.941. The minimum absolute atomic E-state index is 0.0878. The van der Waals surface area contributed by atoms with Crippen LogP contribution in [-0.4, -0.2) is 35.1 Å². The van der Waals surface area contributed by atoms with Crippen molar-refractivity contribution in [2.75, 3.05) is 13.2 Å².